The number of esters is 1. The van der Waals surface area contributed by atoms with Gasteiger partial charge in [0.25, 0.3) is 0 Å². The fourth-order valence-electron chi connectivity index (χ4n) is 2.48. The minimum Gasteiger partial charge on any atom is -0.458 e. The number of nitrogens with zero attached hydrogens (tertiary/aromatic N) is 2. The second kappa shape index (κ2) is 6.87. The highest BCUT2D eigenvalue weighted by atomic mass is 35.5. The Labute approximate surface area is 145 Å². The number of hydrogen-bond donors (Lipinski definition) is 0. The number of alkyl halides is 3. The smallest absolute Gasteiger partial charge is 0.389 e. The van der Waals surface area contributed by atoms with Gasteiger partial charge in [0.15, 0.2) is 0 Å². The highest BCUT2D eigenvalue weighted by Crippen LogP contribution is 2.34. The molecule has 0 aliphatic carbocycles. The molecule has 0 saturated heterocycles. The number of benzene rings is 1. The predicted octanol–water partition coefficient (Wildman–Crippen LogP) is 4.35. The highest BCUT2D eigenvalue weighted by Gasteiger charge is 2.33. The summed E-state index contributed by atoms with van der Waals surface area (Å²) < 4.78 is 47.9. The van der Waals surface area contributed by atoms with Crippen LogP contribution < -0.4 is 4.74 Å². The zero-order valence-electron chi connectivity index (χ0n) is 12.7. The van der Waals surface area contributed by atoms with Gasteiger partial charge in [-0.15, -0.1) is 0 Å². The number of cyclic esters (lactones) is 1. The van der Waals surface area contributed by atoms with Gasteiger partial charge in [-0.2, -0.15) is 13.2 Å². The van der Waals surface area contributed by atoms with E-state index in [1.165, 1.54) is 18.5 Å². The summed E-state index contributed by atoms with van der Waals surface area (Å²) in [6.07, 6.45) is -3.68. The number of hydrogen-bond acceptors (Lipinski definition) is 5. The van der Waals surface area contributed by atoms with Crippen molar-refractivity contribution in [1.82, 2.24) is 9.97 Å². The first-order valence-electron chi connectivity index (χ1n) is 7.37. The van der Waals surface area contributed by atoms with E-state index in [2.05, 4.69) is 9.97 Å². The highest BCUT2D eigenvalue weighted by molar-refractivity contribution is 6.30. The lowest BCUT2D eigenvalue weighted by Crippen LogP contribution is -2.29. The Morgan fingerprint density at radius 3 is 2.68 bits per heavy atom. The van der Waals surface area contributed by atoms with E-state index in [1.807, 2.05) is 0 Å². The minimum atomic E-state index is -4.31. The Balaban J connectivity index is 1.82. The normalized spacial score (nSPS) is 17.0. The first kappa shape index (κ1) is 17.5. The van der Waals surface area contributed by atoms with Crippen molar-refractivity contribution in [3.63, 3.8) is 0 Å². The van der Waals surface area contributed by atoms with Crippen molar-refractivity contribution >= 4 is 17.6 Å². The van der Waals surface area contributed by atoms with E-state index in [4.69, 9.17) is 21.1 Å². The van der Waals surface area contributed by atoms with Crippen LogP contribution in [-0.4, -0.2) is 28.2 Å². The quantitative estimate of drug-likeness (QED) is 0.747. The van der Waals surface area contributed by atoms with Crippen molar-refractivity contribution in [3.8, 4) is 11.8 Å². The van der Waals surface area contributed by atoms with Crippen LogP contribution in [0.2, 0.25) is 5.02 Å². The topological polar surface area (TPSA) is 61.3 Å². The van der Waals surface area contributed by atoms with Crippen molar-refractivity contribution in [2.24, 2.45) is 0 Å². The van der Waals surface area contributed by atoms with Gasteiger partial charge in [0.1, 0.15) is 11.9 Å². The molecule has 132 valence electrons. The molecule has 25 heavy (non-hydrogen) atoms. The number of halogens is 4. The van der Waals surface area contributed by atoms with Crippen LogP contribution in [0.15, 0.2) is 30.6 Å². The molecule has 1 aromatic carbocycles. The van der Waals surface area contributed by atoms with E-state index in [0.29, 0.717) is 16.3 Å². The zero-order chi connectivity index (χ0) is 18.0. The van der Waals surface area contributed by atoms with Gasteiger partial charge in [-0.1, -0.05) is 17.7 Å². The van der Waals surface area contributed by atoms with Gasteiger partial charge >= 0.3 is 18.2 Å². The van der Waals surface area contributed by atoms with E-state index < -0.39 is 24.7 Å². The van der Waals surface area contributed by atoms with Crippen LogP contribution in [-0.2, 0) is 11.2 Å². The van der Waals surface area contributed by atoms with Crippen LogP contribution in [0.1, 0.15) is 28.8 Å². The second-order valence-electron chi connectivity index (χ2n) is 5.45. The average Bonchev–Trinajstić information content (AvgIpc) is 2.55. The molecule has 0 spiro atoms. The first-order chi connectivity index (χ1) is 11.8. The van der Waals surface area contributed by atoms with E-state index in [-0.39, 0.29) is 24.4 Å². The maximum absolute atomic E-state index is 12.4. The summed E-state index contributed by atoms with van der Waals surface area (Å²) in [5.74, 6) is -0.371. The molecule has 0 radical (unpaired) electrons. The molecule has 0 saturated carbocycles. The van der Waals surface area contributed by atoms with Crippen molar-refractivity contribution in [1.29, 1.82) is 0 Å². The lowest BCUT2D eigenvalue weighted by atomic mass is 9.95. The molecule has 0 fully saturated rings. The molecule has 5 nitrogen and oxygen atoms in total. The number of rotatable bonds is 4. The number of ether oxygens (including phenoxy) is 2. The van der Waals surface area contributed by atoms with Crippen LogP contribution in [0.4, 0.5) is 13.2 Å². The summed E-state index contributed by atoms with van der Waals surface area (Å²) in [5.41, 5.74) is 0.735. The Morgan fingerprint density at radius 2 is 2.00 bits per heavy atom. The number of carbonyl (C=O) groups excluding carboxylic acids is 1. The molecule has 1 aliphatic heterocycles. The molecular weight excluding hydrogens is 361 g/mol. The molecule has 0 bridgehead atoms. The molecule has 1 aromatic heterocycles. The Bertz CT molecular complexity index is 781. The van der Waals surface area contributed by atoms with E-state index in [1.54, 1.807) is 12.1 Å². The fourth-order valence-corrected chi connectivity index (χ4v) is 2.58. The third-order valence-corrected chi connectivity index (χ3v) is 3.80. The third kappa shape index (κ3) is 4.39. The molecule has 0 N–H and O–H groups in total. The molecule has 2 heterocycles. The Kier molecular flexibility index (Phi) is 4.80. The molecular formula is C16H12ClF3N2O3. The lowest BCUT2D eigenvalue weighted by Gasteiger charge is -2.26. The maximum Gasteiger partial charge on any atom is 0.389 e. The van der Waals surface area contributed by atoms with Crippen molar-refractivity contribution in [2.75, 3.05) is 0 Å². The molecule has 9 heteroatoms. The largest absolute Gasteiger partial charge is 0.458 e. The van der Waals surface area contributed by atoms with Crippen LogP contribution >= 0.6 is 11.6 Å². The van der Waals surface area contributed by atoms with Crippen LogP contribution in [0.25, 0.3) is 0 Å². The summed E-state index contributed by atoms with van der Waals surface area (Å²) in [5, 5.41) is 0.332. The molecule has 1 atom stereocenters. The molecule has 0 amide bonds. The monoisotopic (exact) mass is 372 g/mol. The van der Waals surface area contributed by atoms with Crippen LogP contribution in [0.5, 0.6) is 11.8 Å². The van der Waals surface area contributed by atoms with Crippen molar-refractivity contribution in [2.45, 2.75) is 31.5 Å². The fraction of sp³-hybridized carbons (Fsp3) is 0.312. The van der Waals surface area contributed by atoms with Gasteiger partial charge in [-0.3, -0.25) is 0 Å². The zero-order valence-corrected chi connectivity index (χ0v) is 13.5. The van der Waals surface area contributed by atoms with Gasteiger partial charge in [-0.05, 0) is 18.6 Å². The van der Waals surface area contributed by atoms with Gasteiger partial charge in [0.05, 0.1) is 23.0 Å². The number of fused-ring (bicyclic) bond motifs is 1. The van der Waals surface area contributed by atoms with Gasteiger partial charge < -0.3 is 9.47 Å². The van der Waals surface area contributed by atoms with E-state index in [0.717, 1.165) is 0 Å². The molecule has 2 aromatic rings. The summed E-state index contributed by atoms with van der Waals surface area (Å²) in [4.78, 5) is 19.9. The number of carbonyl (C=O) groups is 1. The minimum absolute atomic E-state index is 0.0172. The van der Waals surface area contributed by atoms with E-state index >= 15 is 0 Å². The summed E-state index contributed by atoms with van der Waals surface area (Å²) in [6, 6.07) is 4.73. The van der Waals surface area contributed by atoms with Crippen molar-refractivity contribution < 1.29 is 27.4 Å². The van der Waals surface area contributed by atoms with Gasteiger partial charge in [0, 0.05) is 18.4 Å². The second-order valence-corrected chi connectivity index (χ2v) is 5.89. The summed E-state index contributed by atoms with van der Waals surface area (Å²) >= 11 is 5.71. The Morgan fingerprint density at radius 1 is 1.28 bits per heavy atom. The summed E-state index contributed by atoms with van der Waals surface area (Å²) in [6.45, 7) is 0. The average molecular weight is 373 g/mol. The third-order valence-electron chi connectivity index (χ3n) is 3.61. The summed E-state index contributed by atoms with van der Waals surface area (Å²) in [7, 11) is 0. The van der Waals surface area contributed by atoms with Gasteiger partial charge in [0.2, 0.25) is 0 Å². The lowest BCUT2D eigenvalue weighted by molar-refractivity contribution is -0.140. The first-order valence-corrected chi connectivity index (χ1v) is 7.74. The standard InChI is InChI=1S/C16H12ClF3N2O3/c17-9-7-21-15(22-8-9)25-13-3-1-2-11-12(13)6-10(24-14(11)23)4-5-16(18,19)20/h1-3,7-8,10H,4-6H2. The van der Waals surface area contributed by atoms with Crippen molar-refractivity contribution in [3.05, 3.63) is 46.7 Å². The number of aromatic nitrogens is 2. The van der Waals surface area contributed by atoms with E-state index in [9.17, 15) is 18.0 Å². The maximum atomic E-state index is 12.4. The molecule has 1 unspecified atom stereocenters. The SMILES string of the molecule is O=C1OC(CCC(F)(F)F)Cc2c(Oc3ncc(Cl)cn3)cccc21. The Hall–Kier alpha value is -2.35. The van der Waals surface area contributed by atoms with Crippen LogP contribution in [0.3, 0.4) is 0 Å². The van der Waals surface area contributed by atoms with Gasteiger partial charge in [-0.25, -0.2) is 14.8 Å². The predicted molar refractivity (Wildman–Crippen MR) is 81.8 cm³/mol. The van der Waals surface area contributed by atoms with Crippen LogP contribution in [0, 0.1) is 0 Å². The molecule has 1 aliphatic rings. The molecule has 3 rings (SSSR count).